The molecule has 0 spiro atoms. The molecule has 126 valence electrons. The van der Waals surface area contributed by atoms with Crippen LogP contribution in [0.5, 0.6) is 5.75 Å². The highest BCUT2D eigenvalue weighted by Gasteiger charge is 2.27. The van der Waals surface area contributed by atoms with Crippen LogP contribution in [0.25, 0.3) is 6.08 Å². The molecular weight excluding hydrogens is 290 g/mol. The SMILES string of the molecule is CC(C)Oc1ccc(/C=C/C(=O)N2CC(CO)CCC2C)cc1. The Bertz CT molecular complexity index is 536. The van der Waals surface area contributed by atoms with Crippen LogP contribution < -0.4 is 4.74 Å². The third-order valence-electron chi connectivity index (χ3n) is 4.19. The Morgan fingerprint density at radius 1 is 1.35 bits per heavy atom. The van der Waals surface area contributed by atoms with E-state index in [-0.39, 0.29) is 30.6 Å². The highest BCUT2D eigenvalue weighted by Crippen LogP contribution is 2.22. The molecule has 2 unspecified atom stereocenters. The molecule has 1 fully saturated rings. The van der Waals surface area contributed by atoms with Crippen molar-refractivity contribution in [3.05, 3.63) is 35.9 Å². The van der Waals surface area contributed by atoms with Gasteiger partial charge in [0.15, 0.2) is 0 Å². The number of hydrogen-bond donors (Lipinski definition) is 1. The third-order valence-corrected chi connectivity index (χ3v) is 4.19. The van der Waals surface area contributed by atoms with Crippen molar-refractivity contribution in [1.82, 2.24) is 4.90 Å². The molecule has 23 heavy (non-hydrogen) atoms. The van der Waals surface area contributed by atoms with Crippen molar-refractivity contribution in [2.75, 3.05) is 13.2 Å². The van der Waals surface area contributed by atoms with Crippen molar-refractivity contribution in [3.63, 3.8) is 0 Å². The molecule has 1 aliphatic heterocycles. The first kappa shape index (κ1) is 17.5. The Hall–Kier alpha value is -1.81. The lowest BCUT2D eigenvalue weighted by Gasteiger charge is -2.36. The van der Waals surface area contributed by atoms with Gasteiger partial charge in [0.05, 0.1) is 6.10 Å². The molecule has 0 bridgehead atoms. The lowest BCUT2D eigenvalue weighted by atomic mass is 9.94. The van der Waals surface area contributed by atoms with Crippen molar-refractivity contribution < 1.29 is 14.6 Å². The van der Waals surface area contributed by atoms with Crippen LogP contribution in [-0.2, 0) is 4.79 Å². The number of hydrogen-bond acceptors (Lipinski definition) is 3. The molecule has 1 aromatic carbocycles. The highest BCUT2D eigenvalue weighted by atomic mass is 16.5. The molecule has 4 heteroatoms. The Balaban J connectivity index is 1.97. The Morgan fingerprint density at radius 2 is 2.04 bits per heavy atom. The van der Waals surface area contributed by atoms with Crippen LogP contribution in [-0.4, -0.2) is 41.2 Å². The van der Waals surface area contributed by atoms with Gasteiger partial charge in [-0.15, -0.1) is 0 Å². The first-order valence-corrected chi connectivity index (χ1v) is 8.36. The van der Waals surface area contributed by atoms with Gasteiger partial charge >= 0.3 is 0 Å². The molecule has 1 heterocycles. The number of nitrogens with zero attached hydrogens (tertiary/aromatic N) is 1. The fourth-order valence-electron chi connectivity index (χ4n) is 2.83. The summed E-state index contributed by atoms with van der Waals surface area (Å²) in [5, 5.41) is 9.31. The topological polar surface area (TPSA) is 49.8 Å². The van der Waals surface area contributed by atoms with Crippen molar-refractivity contribution in [2.45, 2.75) is 45.8 Å². The standard InChI is InChI=1S/C19H27NO3/c1-14(2)23-18-9-6-16(7-10-18)8-11-19(22)20-12-17(13-21)5-4-15(20)3/h6-11,14-15,17,21H,4-5,12-13H2,1-3H3/b11-8+. The molecule has 2 atom stereocenters. The number of likely N-dealkylation sites (tertiary alicyclic amines) is 1. The maximum Gasteiger partial charge on any atom is 0.246 e. The van der Waals surface area contributed by atoms with E-state index in [2.05, 4.69) is 6.92 Å². The van der Waals surface area contributed by atoms with E-state index in [1.54, 1.807) is 6.08 Å². The van der Waals surface area contributed by atoms with E-state index in [4.69, 9.17) is 4.74 Å². The summed E-state index contributed by atoms with van der Waals surface area (Å²) >= 11 is 0. The lowest BCUT2D eigenvalue weighted by molar-refractivity contribution is -0.130. The second-order valence-electron chi connectivity index (χ2n) is 6.53. The Morgan fingerprint density at radius 3 is 2.65 bits per heavy atom. The summed E-state index contributed by atoms with van der Waals surface area (Å²) in [6, 6.07) is 7.94. The summed E-state index contributed by atoms with van der Waals surface area (Å²) in [6.07, 6.45) is 5.54. The van der Waals surface area contributed by atoms with Crippen LogP contribution in [0.3, 0.4) is 0 Å². The number of carbonyl (C=O) groups is 1. The van der Waals surface area contributed by atoms with Gasteiger partial charge in [0.1, 0.15) is 5.75 Å². The van der Waals surface area contributed by atoms with Crippen molar-refractivity contribution in [3.8, 4) is 5.75 Å². The van der Waals surface area contributed by atoms with Gasteiger partial charge in [0.2, 0.25) is 5.91 Å². The second-order valence-corrected chi connectivity index (χ2v) is 6.53. The molecule has 1 aliphatic rings. The maximum atomic E-state index is 12.4. The molecule has 1 amide bonds. The van der Waals surface area contributed by atoms with Gasteiger partial charge < -0.3 is 14.7 Å². The van der Waals surface area contributed by atoms with E-state index in [1.165, 1.54) is 0 Å². The zero-order valence-electron chi connectivity index (χ0n) is 14.2. The number of ether oxygens (including phenoxy) is 1. The summed E-state index contributed by atoms with van der Waals surface area (Å²) in [4.78, 5) is 14.2. The van der Waals surface area contributed by atoms with Crippen LogP contribution in [0.2, 0.25) is 0 Å². The molecule has 0 aliphatic carbocycles. The first-order chi connectivity index (χ1) is 11.0. The van der Waals surface area contributed by atoms with Gasteiger partial charge in [-0.2, -0.15) is 0 Å². The van der Waals surface area contributed by atoms with Gasteiger partial charge in [0, 0.05) is 25.3 Å². The minimum absolute atomic E-state index is 0.0122. The average molecular weight is 317 g/mol. The number of piperidine rings is 1. The summed E-state index contributed by atoms with van der Waals surface area (Å²) in [5.74, 6) is 1.05. The third kappa shape index (κ3) is 5.10. The number of aliphatic hydroxyl groups is 1. The van der Waals surface area contributed by atoms with E-state index in [1.807, 2.05) is 49.1 Å². The first-order valence-electron chi connectivity index (χ1n) is 8.36. The Labute approximate surface area is 138 Å². The normalized spacial score (nSPS) is 21.9. The monoisotopic (exact) mass is 317 g/mol. The van der Waals surface area contributed by atoms with Crippen LogP contribution in [0, 0.1) is 5.92 Å². The van der Waals surface area contributed by atoms with Crippen molar-refractivity contribution in [1.29, 1.82) is 0 Å². The number of rotatable bonds is 5. The molecule has 1 aromatic rings. The largest absolute Gasteiger partial charge is 0.491 e. The van der Waals surface area contributed by atoms with Crippen LogP contribution in [0.1, 0.15) is 39.2 Å². The molecule has 2 rings (SSSR count). The molecule has 4 nitrogen and oxygen atoms in total. The van der Waals surface area contributed by atoms with Crippen LogP contribution in [0.15, 0.2) is 30.3 Å². The molecule has 1 saturated heterocycles. The van der Waals surface area contributed by atoms with Gasteiger partial charge in [-0.25, -0.2) is 0 Å². The minimum atomic E-state index is 0.0122. The van der Waals surface area contributed by atoms with Gasteiger partial charge in [-0.05, 0) is 63.3 Å². The number of aliphatic hydroxyl groups excluding tert-OH is 1. The minimum Gasteiger partial charge on any atom is -0.491 e. The molecule has 0 saturated carbocycles. The predicted molar refractivity (Wildman–Crippen MR) is 92.2 cm³/mol. The molecule has 1 N–H and O–H groups in total. The summed E-state index contributed by atoms with van der Waals surface area (Å²) in [7, 11) is 0. The predicted octanol–water partition coefficient (Wildman–Crippen LogP) is 3.11. The highest BCUT2D eigenvalue weighted by molar-refractivity contribution is 5.92. The molecule has 0 aromatic heterocycles. The number of benzene rings is 1. The second kappa shape index (κ2) is 8.16. The quantitative estimate of drug-likeness (QED) is 0.849. The maximum absolute atomic E-state index is 12.4. The number of amides is 1. The zero-order chi connectivity index (χ0) is 16.8. The molecule has 0 radical (unpaired) electrons. The smallest absolute Gasteiger partial charge is 0.246 e. The Kier molecular flexibility index (Phi) is 6.22. The lowest BCUT2D eigenvalue weighted by Crippen LogP contribution is -2.45. The van der Waals surface area contributed by atoms with Gasteiger partial charge in [-0.1, -0.05) is 12.1 Å². The number of carbonyl (C=O) groups excluding carboxylic acids is 1. The van der Waals surface area contributed by atoms with E-state index in [0.29, 0.717) is 6.54 Å². The van der Waals surface area contributed by atoms with E-state index >= 15 is 0 Å². The van der Waals surface area contributed by atoms with E-state index in [0.717, 1.165) is 24.2 Å². The summed E-state index contributed by atoms with van der Waals surface area (Å²) < 4.78 is 5.61. The van der Waals surface area contributed by atoms with Crippen molar-refractivity contribution >= 4 is 12.0 Å². The van der Waals surface area contributed by atoms with Gasteiger partial charge in [0.25, 0.3) is 0 Å². The van der Waals surface area contributed by atoms with E-state index < -0.39 is 0 Å². The van der Waals surface area contributed by atoms with Crippen LogP contribution in [0.4, 0.5) is 0 Å². The van der Waals surface area contributed by atoms with Crippen molar-refractivity contribution in [2.24, 2.45) is 5.92 Å². The summed E-state index contributed by atoms with van der Waals surface area (Å²) in [5.41, 5.74) is 0.970. The van der Waals surface area contributed by atoms with E-state index in [9.17, 15) is 9.90 Å². The zero-order valence-corrected chi connectivity index (χ0v) is 14.2. The average Bonchev–Trinajstić information content (AvgIpc) is 2.54. The van der Waals surface area contributed by atoms with Crippen LogP contribution >= 0.6 is 0 Å². The fraction of sp³-hybridized carbons (Fsp3) is 0.526. The molecular formula is C19H27NO3. The van der Waals surface area contributed by atoms with Gasteiger partial charge in [-0.3, -0.25) is 4.79 Å². The fourth-order valence-corrected chi connectivity index (χ4v) is 2.83. The summed E-state index contributed by atoms with van der Waals surface area (Å²) in [6.45, 7) is 6.84.